The van der Waals surface area contributed by atoms with Crippen LogP contribution in [0.15, 0.2) is 52.8 Å². The Balaban J connectivity index is 2.15. The molecule has 20 heavy (non-hydrogen) atoms. The van der Waals surface area contributed by atoms with E-state index in [0.29, 0.717) is 16.8 Å². The van der Waals surface area contributed by atoms with Crippen LogP contribution in [0.4, 0.5) is 0 Å². The summed E-state index contributed by atoms with van der Waals surface area (Å²) in [5, 5.41) is 0. The third kappa shape index (κ3) is 1.92. The SMILES string of the molecule is COc1ccc(S(=O)(=O)c2c[nH]c3cncnc23)cc1. The molecular weight excluding hydrogens is 278 g/mol. The van der Waals surface area contributed by atoms with Crippen LogP contribution in [0.5, 0.6) is 5.75 Å². The molecule has 102 valence electrons. The molecule has 0 radical (unpaired) electrons. The zero-order chi connectivity index (χ0) is 14.2. The van der Waals surface area contributed by atoms with E-state index in [0.717, 1.165) is 0 Å². The molecule has 0 unspecified atom stereocenters. The molecule has 0 aliphatic heterocycles. The van der Waals surface area contributed by atoms with E-state index in [-0.39, 0.29) is 9.79 Å². The topological polar surface area (TPSA) is 84.9 Å². The van der Waals surface area contributed by atoms with Gasteiger partial charge in [-0.15, -0.1) is 0 Å². The number of hydrogen-bond acceptors (Lipinski definition) is 5. The lowest BCUT2D eigenvalue weighted by Crippen LogP contribution is -2.01. The van der Waals surface area contributed by atoms with Crippen LogP contribution in [0.3, 0.4) is 0 Å². The maximum atomic E-state index is 12.6. The lowest BCUT2D eigenvalue weighted by atomic mass is 10.3. The van der Waals surface area contributed by atoms with Crippen LogP contribution in [0, 0.1) is 0 Å². The van der Waals surface area contributed by atoms with E-state index in [1.807, 2.05) is 0 Å². The molecule has 7 heteroatoms. The highest BCUT2D eigenvalue weighted by atomic mass is 32.2. The Labute approximate surface area is 115 Å². The van der Waals surface area contributed by atoms with Crippen molar-refractivity contribution in [3.05, 3.63) is 43.0 Å². The smallest absolute Gasteiger partial charge is 0.210 e. The molecule has 0 spiro atoms. The van der Waals surface area contributed by atoms with Crippen LogP contribution in [0.25, 0.3) is 11.0 Å². The minimum Gasteiger partial charge on any atom is -0.497 e. The van der Waals surface area contributed by atoms with Crippen molar-refractivity contribution < 1.29 is 13.2 Å². The number of aromatic nitrogens is 3. The van der Waals surface area contributed by atoms with Crippen molar-refractivity contribution in [3.63, 3.8) is 0 Å². The summed E-state index contributed by atoms with van der Waals surface area (Å²) >= 11 is 0. The van der Waals surface area contributed by atoms with Crippen LogP contribution < -0.4 is 4.74 Å². The first-order chi connectivity index (χ1) is 9.63. The molecule has 0 fully saturated rings. The second-order valence-corrected chi connectivity index (χ2v) is 6.04. The second-order valence-electron chi connectivity index (χ2n) is 4.12. The van der Waals surface area contributed by atoms with Gasteiger partial charge in [0.25, 0.3) is 0 Å². The Hall–Kier alpha value is -2.41. The summed E-state index contributed by atoms with van der Waals surface area (Å²) < 4.78 is 30.2. The first-order valence-electron chi connectivity index (χ1n) is 5.79. The molecule has 0 atom stereocenters. The van der Waals surface area contributed by atoms with E-state index in [1.165, 1.54) is 38.0 Å². The fraction of sp³-hybridized carbons (Fsp3) is 0.0769. The van der Waals surface area contributed by atoms with Crippen LogP contribution in [-0.2, 0) is 9.84 Å². The zero-order valence-electron chi connectivity index (χ0n) is 10.6. The van der Waals surface area contributed by atoms with Crippen molar-refractivity contribution >= 4 is 20.9 Å². The summed E-state index contributed by atoms with van der Waals surface area (Å²) in [6, 6.07) is 6.23. The number of aromatic amines is 1. The minimum absolute atomic E-state index is 0.139. The monoisotopic (exact) mass is 289 g/mol. The van der Waals surface area contributed by atoms with E-state index in [4.69, 9.17) is 4.74 Å². The van der Waals surface area contributed by atoms with Crippen molar-refractivity contribution in [1.82, 2.24) is 15.0 Å². The van der Waals surface area contributed by atoms with E-state index in [2.05, 4.69) is 15.0 Å². The molecule has 1 aromatic carbocycles. The number of nitrogens with one attached hydrogen (secondary N) is 1. The molecule has 2 heterocycles. The average molecular weight is 289 g/mol. The van der Waals surface area contributed by atoms with Crippen LogP contribution in [0.1, 0.15) is 0 Å². The molecule has 0 amide bonds. The highest BCUT2D eigenvalue weighted by Crippen LogP contribution is 2.27. The van der Waals surface area contributed by atoms with E-state index in [9.17, 15) is 8.42 Å². The standard InChI is InChI=1S/C13H11N3O3S/c1-19-9-2-4-10(5-3-9)20(17,18)12-7-15-11-6-14-8-16-13(11)12/h2-8,15H,1H3. The molecule has 0 saturated heterocycles. The normalized spacial score (nSPS) is 11.7. The average Bonchev–Trinajstić information content (AvgIpc) is 2.92. The van der Waals surface area contributed by atoms with Gasteiger partial charge in [-0.2, -0.15) is 0 Å². The van der Waals surface area contributed by atoms with E-state index in [1.54, 1.807) is 12.1 Å². The van der Waals surface area contributed by atoms with E-state index < -0.39 is 9.84 Å². The number of methoxy groups -OCH3 is 1. The largest absolute Gasteiger partial charge is 0.497 e. The quantitative estimate of drug-likeness (QED) is 0.794. The molecule has 3 aromatic rings. The third-order valence-electron chi connectivity index (χ3n) is 2.96. The maximum absolute atomic E-state index is 12.6. The first kappa shape index (κ1) is 12.6. The first-order valence-corrected chi connectivity index (χ1v) is 7.27. The van der Waals surface area contributed by atoms with Crippen LogP contribution in [-0.4, -0.2) is 30.5 Å². The molecule has 0 aliphatic rings. The predicted octanol–water partition coefficient (Wildman–Crippen LogP) is 1.80. The van der Waals surface area contributed by atoms with Crippen LogP contribution in [0.2, 0.25) is 0 Å². The van der Waals surface area contributed by atoms with Gasteiger partial charge in [-0.3, -0.25) is 0 Å². The lowest BCUT2D eigenvalue weighted by Gasteiger charge is -2.04. The van der Waals surface area contributed by atoms with Crippen molar-refractivity contribution in [2.24, 2.45) is 0 Å². The zero-order valence-corrected chi connectivity index (χ0v) is 11.4. The molecule has 2 aromatic heterocycles. The van der Waals surface area contributed by atoms with E-state index >= 15 is 0 Å². The van der Waals surface area contributed by atoms with Gasteiger partial charge in [-0.05, 0) is 24.3 Å². The fourth-order valence-electron chi connectivity index (χ4n) is 1.93. The number of nitrogens with zero attached hydrogens (tertiary/aromatic N) is 2. The lowest BCUT2D eigenvalue weighted by molar-refractivity contribution is 0.414. The summed E-state index contributed by atoms with van der Waals surface area (Å²) in [4.78, 5) is 11.1. The molecule has 6 nitrogen and oxygen atoms in total. The van der Waals surface area contributed by atoms with Gasteiger partial charge in [0.15, 0.2) is 0 Å². The predicted molar refractivity (Wildman–Crippen MR) is 72.3 cm³/mol. The summed E-state index contributed by atoms with van der Waals surface area (Å²) in [6.45, 7) is 0. The van der Waals surface area contributed by atoms with Crippen molar-refractivity contribution in [1.29, 1.82) is 0 Å². The number of ether oxygens (including phenoxy) is 1. The van der Waals surface area contributed by atoms with Crippen molar-refractivity contribution in [2.45, 2.75) is 9.79 Å². The number of H-pyrrole nitrogens is 1. The third-order valence-corrected chi connectivity index (χ3v) is 4.75. The van der Waals surface area contributed by atoms with Gasteiger partial charge >= 0.3 is 0 Å². The van der Waals surface area contributed by atoms with Gasteiger partial charge in [-0.25, -0.2) is 18.4 Å². The molecule has 1 N–H and O–H groups in total. The summed E-state index contributed by atoms with van der Waals surface area (Å²) in [6.07, 6.45) is 4.29. The van der Waals surface area contributed by atoms with Crippen molar-refractivity contribution in [3.8, 4) is 5.75 Å². The van der Waals surface area contributed by atoms with Gasteiger partial charge < -0.3 is 9.72 Å². The Morgan fingerprint density at radius 3 is 2.65 bits per heavy atom. The Morgan fingerprint density at radius 1 is 1.20 bits per heavy atom. The minimum atomic E-state index is -3.62. The highest BCUT2D eigenvalue weighted by Gasteiger charge is 2.22. The van der Waals surface area contributed by atoms with Gasteiger partial charge in [0.2, 0.25) is 9.84 Å². The number of rotatable bonds is 3. The summed E-state index contributed by atoms with van der Waals surface area (Å²) in [5.41, 5.74) is 0.968. The molecule has 0 aliphatic carbocycles. The number of hydrogen-bond donors (Lipinski definition) is 1. The van der Waals surface area contributed by atoms with Gasteiger partial charge in [0, 0.05) is 6.20 Å². The van der Waals surface area contributed by atoms with Gasteiger partial charge in [0.05, 0.1) is 23.7 Å². The summed E-state index contributed by atoms with van der Waals surface area (Å²) in [5.74, 6) is 0.602. The van der Waals surface area contributed by atoms with Gasteiger partial charge in [-0.1, -0.05) is 0 Å². The van der Waals surface area contributed by atoms with Crippen LogP contribution >= 0.6 is 0 Å². The summed E-state index contributed by atoms with van der Waals surface area (Å²) in [7, 11) is -2.10. The fourth-order valence-corrected chi connectivity index (χ4v) is 3.31. The Kier molecular flexibility index (Phi) is 2.90. The maximum Gasteiger partial charge on any atom is 0.210 e. The number of fused-ring (bicyclic) bond motifs is 1. The molecular formula is C13H11N3O3S. The second kappa shape index (κ2) is 4.61. The van der Waals surface area contributed by atoms with Gasteiger partial charge in [0.1, 0.15) is 22.5 Å². The molecule has 0 bridgehead atoms. The highest BCUT2D eigenvalue weighted by molar-refractivity contribution is 7.91. The Bertz CT molecular complexity index is 854. The molecule has 3 rings (SSSR count). The molecule has 0 saturated carbocycles. The van der Waals surface area contributed by atoms with Crippen molar-refractivity contribution in [2.75, 3.05) is 7.11 Å². The number of sulfone groups is 1. The Morgan fingerprint density at radius 2 is 1.95 bits per heavy atom. The number of benzene rings is 1.